The molecule has 0 spiro atoms. The van der Waals surface area contributed by atoms with Crippen LogP contribution in [0.25, 0.3) is 0 Å². The first-order valence-corrected chi connectivity index (χ1v) is 12.0. The highest BCUT2D eigenvalue weighted by atomic mass is 16.2. The van der Waals surface area contributed by atoms with Gasteiger partial charge in [-0.25, -0.2) is 0 Å². The second kappa shape index (κ2) is 13.2. The molecular formula is C29H44N2O2. The summed E-state index contributed by atoms with van der Waals surface area (Å²) in [5, 5.41) is 2.64. The molecule has 0 radical (unpaired) electrons. The molecule has 3 rings (SSSR count). The van der Waals surface area contributed by atoms with Gasteiger partial charge in [0.15, 0.2) is 0 Å². The van der Waals surface area contributed by atoms with E-state index in [-0.39, 0.29) is 11.3 Å². The second-order valence-corrected chi connectivity index (χ2v) is 11.3. The summed E-state index contributed by atoms with van der Waals surface area (Å²) < 4.78 is 0. The van der Waals surface area contributed by atoms with E-state index in [1.54, 1.807) is 0 Å². The standard InChI is InChI=1S/C13H17NO.C11H15NO.C5H12/c1-11-7-3-4-8-12(11)13(15)14-9-5-2-6-10-14;1-11(2,3)9-5-4-6-10(7-9)12-8-13;1-5(2,3)4/h3-4,7-8H,2,5-6,9-10H2,1H3;4-8H,1-3H3,(H,12,13);1-4H3. The van der Waals surface area contributed by atoms with Crippen molar-refractivity contribution in [2.24, 2.45) is 5.41 Å². The third-order valence-corrected chi connectivity index (χ3v) is 4.97. The monoisotopic (exact) mass is 452 g/mol. The molecule has 1 aliphatic rings. The van der Waals surface area contributed by atoms with Gasteiger partial charge in [-0.05, 0) is 66.3 Å². The van der Waals surface area contributed by atoms with Crippen LogP contribution in [-0.4, -0.2) is 30.3 Å². The number of hydrogen-bond acceptors (Lipinski definition) is 2. The van der Waals surface area contributed by atoms with Crippen LogP contribution in [0, 0.1) is 12.3 Å². The Labute approximate surface area is 201 Å². The molecule has 0 aromatic heterocycles. The lowest BCUT2D eigenvalue weighted by Gasteiger charge is -2.27. The van der Waals surface area contributed by atoms with Crippen LogP contribution in [0.2, 0.25) is 0 Å². The van der Waals surface area contributed by atoms with E-state index in [9.17, 15) is 9.59 Å². The summed E-state index contributed by atoms with van der Waals surface area (Å²) >= 11 is 0. The van der Waals surface area contributed by atoms with Gasteiger partial charge in [-0.3, -0.25) is 9.59 Å². The van der Waals surface area contributed by atoms with E-state index in [4.69, 9.17) is 0 Å². The zero-order valence-electron chi connectivity index (χ0n) is 22.0. The van der Waals surface area contributed by atoms with Crippen LogP contribution in [0.15, 0.2) is 48.5 Å². The molecule has 1 fully saturated rings. The van der Waals surface area contributed by atoms with Crippen molar-refractivity contribution in [2.75, 3.05) is 18.4 Å². The van der Waals surface area contributed by atoms with Crippen molar-refractivity contribution in [1.29, 1.82) is 0 Å². The van der Waals surface area contributed by atoms with Gasteiger partial charge in [-0.1, -0.05) is 78.8 Å². The number of piperidine rings is 1. The van der Waals surface area contributed by atoms with Crippen molar-refractivity contribution < 1.29 is 9.59 Å². The summed E-state index contributed by atoms with van der Waals surface area (Å²) in [7, 11) is 0. The molecule has 1 saturated heterocycles. The molecule has 0 saturated carbocycles. The fraction of sp³-hybridized carbons (Fsp3) is 0.517. The van der Waals surface area contributed by atoms with E-state index in [2.05, 4.69) is 59.8 Å². The molecule has 1 N–H and O–H groups in total. The fourth-order valence-corrected chi connectivity index (χ4v) is 3.22. The van der Waals surface area contributed by atoms with Crippen LogP contribution in [0.1, 0.15) is 89.2 Å². The highest BCUT2D eigenvalue weighted by Gasteiger charge is 2.18. The van der Waals surface area contributed by atoms with E-state index >= 15 is 0 Å². The minimum atomic E-state index is 0.126. The number of nitrogens with zero attached hydrogens (tertiary/aromatic N) is 1. The summed E-state index contributed by atoms with van der Waals surface area (Å²) in [6, 6.07) is 15.7. The number of carbonyl (C=O) groups is 2. The van der Waals surface area contributed by atoms with Gasteiger partial charge in [0.25, 0.3) is 5.91 Å². The second-order valence-electron chi connectivity index (χ2n) is 11.3. The van der Waals surface area contributed by atoms with Crippen molar-refractivity contribution in [1.82, 2.24) is 4.90 Å². The molecule has 33 heavy (non-hydrogen) atoms. The number of anilines is 1. The van der Waals surface area contributed by atoms with Crippen LogP contribution in [0.5, 0.6) is 0 Å². The largest absolute Gasteiger partial charge is 0.339 e. The van der Waals surface area contributed by atoms with Gasteiger partial charge in [0, 0.05) is 24.3 Å². The van der Waals surface area contributed by atoms with Crippen molar-refractivity contribution in [3.63, 3.8) is 0 Å². The normalized spacial score (nSPS) is 13.6. The number of rotatable bonds is 3. The molecular weight excluding hydrogens is 408 g/mol. The molecule has 1 heterocycles. The highest BCUT2D eigenvalue weighted by Crippen LogP contribution is 2.24. The van der Waals surface area contributed by atoms with Crippen molar-refractivity contribution in [3.8, 4) is 0 Å². The lowest BCUT2D eigenvalue weighted by Crippen LogP contribution is -2.35. The number of likely N-dealkylation sites (tertiary alicyclic amines) is 1. The average Bonchev–Trinajstić information content (AvgIpc) is 2.73. The first-order valence-electron chi connectivity index (χ1n) is 12.0. The molecule has 2 aromatic rings. The SMILES string of the molecule is CC(C)(C)C.CC(C)(C)c1cccc(NC=O)c1.Cc1ccccc1C(=O)N1CCCCC1. The van der Waals surface area contributed by atoms with E-state index < -0.39 is 0 Å². The van der Waals surface area contributed by atoms with Gasteiger partial charge in [0.2, 0.25) is 6.41 Å². The Kier molecular flexibility index (Phi) is 11.3. The molecule has 2 amide bonds. The van der Waals surface area contributed by atoms with Crippen LogP contribution in [0.3, 0.4) is 0 Å². The number of nitrogens with one attached hydrogen (secondary N) is 1. The third-order valence-electron chi connectivity index (χ3n) is 4.97. The highest BCUT2D eigenvalue weighted by molar-refractivity contribution is 5.95. The minimum Gasteiger partial charge on any atom is -0.339 e. The van der Waals surface area contributed by atoms with Crippen LogP contribution < -0.4 is 5.32 Å². The summed E-state index contributed by atoms with van der Waals surface area (Å²) in [6.07, 6.45) is 4.26. The van der Waals surface area contributed by atoms with Gasteiger partial charge < -0.3 is 10.2 Å². The van der Waals surface area contributed by atoms with Gasteiger partial charge in [0.05, 0.1) is 0 Å². The molecule has 182 valence electrons. The predicted molar refractivity (Wildman–Crippen MR) is 141 cm³/mol. The first kappa shape index (κ1) is 28.4. The maximum Gasteiger partial charge on any atom is 0.254 e. The van der Waals surface area contributed by atoms with Crippen molar-refractivity contribution >= 4 is 18.0 Å². The van der Waals surface area contributed by atoms with E-state index in [1.807, 2.05) is 54.3 Å². The summed E-state index contributed by atoms with van der Waals surface area (Å²) in [5.41, 5.74) is 4.63. The molecule has 0 aliphatic carbocycles. The summed E-state index contributed by atoms with van der Waals surface area (Å²) in [6.45, 7) is 19.0. The number of hydrogen-bond donors (Lipinski definition) is 1. The topological polar surface area (TPSA) is 49.4 Å². The lowest BCUT2D eigenvalue weighted by molar-refractivity contribution is -0.105. The quantitative estimate of drug-likeness (QED) is 0.500. The Bertz CT molecular complexity index is 864. The lowest BCUT2D eigenvalue weighted by atomic mass is 9.87. The molecule has 1 aliphatic heterocycles. The first-order chi connectivity index (χ1) is 15.3. The Hall–Kier alpha value is -2.62. The molecule has 0 atom stereocenters. The maximum atomic E-state index is 12.1. The number of amides is 2. The van der Waals surface area contributed by atoms with Crippen LogP contribution in [-0.2, 0) is 10.2 Å². The van der Waals surface area contributed by atoms with Gasteiger partial charge in [0.1, 0.15) is 0 Å². The average molecular weight is 453 g/mol. The number of aryl methyl sites for hydroxylation is 1. The molecule has 0 unspecified atom stereocenters. The van der Waals surface area contributed by atoms with Crippen molar-refractivity contribution in [3.05, 3.63) is 65.2 Å². The Morgan fingerprint density at radius 1 is 0.879 bits per heavy atom. The molecule has 4 heteroatoms. The number of carbonyl (C=O) groups excluding carboxylic acids is 2. The molecule has 0 bridgehead atoms. The Balaban J connectivity index is 0.000000277. The van der Waals surface area contributed by atoms with Crippen LogP contribution in [0.4, 0.5) is 5.69 Å². The zero-order valence-corrected chi connectivity index (χ0v) is 22.0. The maximum absolute atomic E-state index is 12.1. The summed E-state index contributed by atoms with van der Waals surface area (Å²) in [5.74, 6) is 0.202. The zero-order chi connectivity index (χ0) is 25.1. The molecule has 4 nitrogen and oxygen atoms in total. The number of benzene rings is 2. The van der Waals surface area contributed by atoms with E-state index in [1.165, 1.54) is 12.0 Å². The Morgan fingerprint density at radius 3 is 1.97 bits per heavy atom. The Morgan fingerprint density at radius 2 is 1.45 bits per heavy atom. The van der Waals surface area contributed by atoms with Gasteiger partial charge in [-0.15, -0.1) is 0 Å². The minimum absolute atomic E-state index is 0.126. The third kappa shape index (κ3) is 11.7. The van der Waals surface area contributed by atoms with Gasteiger partial charge >= 0.3 is 0 Å². The van der Waals surface area contributed by atoms with Crippen molar-refractivity contribution in [2.45, 2.75) is 80.1 Å². The molecule has 2 aromatic carbocycles. The van der Waals surface area contributed by atoms with Crippen LogP contribution >= 0.6 is 0 Å². The predicted octanol–water partition coefficient (Wildman–Crippen LogP) is 7.23. The van der Waals surface area contributed by atoms with E-state index in [0.717, 1.165) is 42.7 Å². The fourth-order valence-electron chi connectivity index (χ4n) is 3.22. The van der Waals surface area contributed by atoms with Gasteiger partial charge in [-0.2, -0.15) is 0 Å². The van der Waals surface area contributed by atoms with E-state index in [0.29, 0.717) is 11.8 Å². The smallest absolute Gasteiger partial charge is 0.254 e. The summed E-state index contributed by atoms with van der Waals surface area (Å²) in [4.78, 5) is 24.3.